The number of unbranched alkanes of at least 4 members (excludes halogenated alkanes) is 9. The summed E-state index contributed by atoms with van der Waals surface area (Å²) >= 11 is 0. The molecule has 1 aromatic rings. The fourth-order valence-electron chi connectivity index (χ4n) is 3.17. The Labute approximate surface area is 153 Å². The van der Waals surface area contributed by atoms with Gasteiger partial charge >= 0.3 is 0 Å². The van der Waals surface area contributed by atoms with E-state index in [4.69, 9.17) is 15.3 Å². The Hall–Kier alpha value is -0.940. The van der Waals surface area contributed by atoms with Gasteiger partial charge in [0.2, 0.25) is 0 Å². The number of hydrogen-bond donors (Lipinski definition) is 4. The van der Waals surface area contributed by atoms with E-state index in [-0.39, 0.29) is 12.6 Å². The highest BCUT2D eigenvalue weighted by molar-refractivity contribution is 5.18. The van der Waals surface area contributed by atoms with Gasteiger partial charge < -0.3 is 20.6 Å². The Morgan fingerprint density at radius 3 is 1.84 bits per heavy atom. The third kappa shape index (κ3) is 12.1. The number of benzene rings is 1. The van der Waals surface area contributed by atoms with Crippen LogP contribution in [-0.4, -0.2) is 27.8 Å². The lowest BCUT2D eigenvalue weighted by atomic mass is 9.99. The Morgan fingerprint density at radius 1 is 0.800 bits per heavy atom. The molecule has 0 saturated heterocycles. The minimum atomic E-state index is -2.66. The first kappa shape index (κ1) is 22.1. The summed E-state index contributed by atoms with van der Waals surface area (Å²) in [6.07, 6.45) is 13.9. The van der Waals surface area contributed by atoms with Gasteiger partial charge in [-0.2, -0.15) is 0 Å². The van der Waals surface area contributed by atoms with Gasteiger partial charge in [-0.1, -0.05) is 101 Å². The van der Waals surface area contributed by atoms with Crippen molar-refractivity contribution in [3.8, 4) is 0 Å². The normalized spacial score (nSPS) is 13.1. The van der Waals surface area contributed by atoms with Crippen molar-refractivity contribution in [2.24, 2.45) is 0 Å². The molecule has 0 saturated carbocycles. The zero-order valence-electron chi connectivity index (χ0n) is 15.8. The van der Waals surface area contributed by atoms with Gasteiger partial charge in [0.1, 0.15) is 0 Å². The zero-order valence-corrected chi connectivity index (χ0v) is 15.8. The van der Waals surface area contributed by atoms with Crippen molar-refractivity contribution >= 4 is 0 Å². The highest BCUT2D eigenvalue weighted by Gasteiger charge is 2.20. The Bertz CT molecular complexity index is 417. The molecule has 0 heterocycles. The summed E-state index contributed by atoms with van der Waals surface area (Å²) in [6.45, 7) is 1.99. The fraction of sp³-hybridized carbons (Fsp3) is 0.714. The molecule has 1 atom stereocenters. The summed E-state index contributed by atoms with van der Waals surface area (Å²) in [4.78, 5) is 0. The quantitative estimate of drug-likeness (QED) is 0.281. The Balaban J connectivity index is 2.20. The van der Waals surface area contributed by atoms with Gasteiger partial charge in [0.15, 0.2) is 0 Å². The smallest absolute Gasteiger partial charge is 0.288 e. The van der Waals surface area contributed by atoms with Crippen LogP contribution in [0.2, 0.25) is 0 Å². The molecule has 0 aliphatic rings. The molecule has 1 rings (SSSR count). The zero-order chi connectivity index (χ0) is 18.4. The lowest BCUT2D eigenvalue weighted by Gasteiger charge is -2.23. The molecular weight excluding hydrogens is 314 g/mol. The average molecular weight is 352 g/mol. The predicted molar refractivity (Wildman–Crippen MR) is 103 cm³/mol. The molecule has 0 bridgehead atoms. The van der Waals surface area contributed by atoms with Gasteiger partial charge in [0.25, 0.3) is 5.97 Å². The van der Waals surface area contributed by atoms with Gasteiger partial charge in [-0.3, -0.25) is 0 Å². The Morgan fingerprint density at radius 2 is 1.32 bits per heavy atom. The van der Waals surface area contributed by atoms with E-state index in [9.17, 15) is 0 Å². The average Bonchev–Trinajstić information content (AvgIpc) is 2.59. The standard InChI is InChI=1S/C21H37NO3/c1-2-3-4-5-6-7-8-9-10-14-17-20(22-18-21(23,24)25)19-15-12-11-13-16-19/h11-13,15-16,20,22-25H,2-10,14,17-18H2,1H3. The first-order chi connectivity index (χ1) is 12.0. The Kier molecular flexibility index (Phi) is 11.7. The maximum atomic E-state index is 9.11. The SMILES string of the molecule is CCCCCCCCCCCCC(NCC(O)(O)O)c1ccccc1. The van der Waals surface area contributed by atoms with E-state index in [0.29, 0.717) is 0 Å². The molecule has 1 unspecified atom stereocenters. The summed E-state index contributed by atoms with van der Waals surface area (Å²) in [7, 11) is 0. The van der Waals surface area contributed by atoms with Gasteiger partial charge in [0.05, 0.1) is 6.54 Å². The van der Waals surface area contributed by atoms with Crippen LogP contribution in [0.1, 0.15) is 89.2 Å². The van der Waals surface area contributed by atoms with Crippen LogP contribution in [0.3, 0.4) is 0 Å². The first-order valence-corrected chi connectivity index (χ1v) is 9.98. The van der Waals surface area contributed by atoms with Gasteiger partial charge in [0, 0.05) is 6.04 Å². The highest BCUT2D eigenvalue weighted by Crippen LogP contribution is 2.21. The third-order valence-electron chi connectivity index (χ3n) is 4.63. The molecule has 144 valence electrons. The summed E-state index contributed by atoms with van der Waals surface area (Å²) in [5.41, 5.74) is 1.11. The molecule has 4 nitrogen and oxygen atoms in total. The van der Waals surface area contributed by atoms with Crippen molar-refractivity contribution in [2.75, 3.05) is 6.54 Å². The maximum Gasteiger partial charge on any atom is 0.288 e. The molecule has 0 radical (unpaired) electrons. The van der Waals surface area contributed by atoms with Crippen LogP contribution < -0.4 is 5.32 Å². The first-order valence-electron chi connectivity index (χ1n) is 9.98. The number of hydrogen-bond acceptors (Lipinski definition) is 4. The van der Waals surface area contributed by atoms with Crippen LogP contribution in [0.5, 0.6) is 0 Å². The summed E-state index contributed by atoms with van der Waals surface area (Å²) < 4.78 is 0. The van der Waals surface area contributed by atoms with E-state index < -0.39 is 5.97 Å². The third-order valence-corrected chi connectivity index (χ3v) is 4.63. The van der Waals surface area contributed by atoms with Crippen LogP contribution in [0.25, 0.3) is 0 Å². The molecule has 0 amide bonds. The molecule has 0 aliphatic carbocycles. The lowest BCUT2D eigenvalue weighted by Crippen LogP contribution is -2.41. The second-order valence-electron chi connectivity index (χ2n) is 7.09. The van der Waals surface area contributed by atoms with Crippen LogP contribution in [0, 0.1) is 0 Å². The van der Waals surface area contributed by atoms with Crippen molar-refractivity contribution in [2.45, 2.75) is 89.6 Å². The van der Waals surface area contributed by atoms with Crippen molar-refractivity contribution in [1.29, 1.82) is 0 Å². The van der Waals surface area contributed by atoms with Crippen LogP contribution in [0.4, 0.5) is 0 Å². The summed E-state index contributed by atoms with van der Waals surface area (Å²) in [6, 6.07) is 10.0. The van der Waals surface area contributed by atoms with Crippen LogP contribution >= 0.6 is 0 Å². The molecule has 1 aromatic carbocycles. The molecule has 0 spiro atoms. The molecule has 0 fully saturated rings. The van der Waals surface area contributed by atoms with Crippen molar-refractivity contribution < 1.29 is 15.3 Å². The van der Waals surface area contributed by atoms with Crippen LogP contribution in [0.15, 0.2) is 30.3 Å². The van der Waals surface area contributed by atoms with Crippen LogP contribution in [-0.2, 0) is 0 Å². The topological polar surface area (TPSA) is 72.7 Å². The predicted octanol–water partition coefficient (Wildman–Crippen LogP) is 4.26. The van der Waals surface area contributed by atoms with E-state index in [1.54, 1.807) is 0 Å². The fourth-order valence-corrected chi connectivity index (χ4v) is 3.17. The van der Waals surface area contributed by atoms with E-state index in [1.807, 2.05) is 30.3 Å². The summed E-state index contributed by atoms with van der Waals surface area (Å²) in [5.74, 6) is -2.66. The monoisotopic (exact) mass is 351 g/mol. The number of rotatable bonds is 15. The largest absolute Gasteiger partial charge is 0.343 e. The molecule has 0 aliphatic heterocycles. The van der Waals surface area contributed by atoms with E-state index >= 15 is 0 Å². The minimum Gasteiger partial charge on any atom is -0.343 e. The van der Waals surface area contributed by atoms with Gasteiger partial charge in [-0.15, -0.1) is 0 Å². The van der Waals surface area contributed by atoms with E-state index in [2.05, 4.69) is 12.2 Å². The molecular formula is C21H37NO3. The lowest BCUT2D eigenvalue weighted by molar-refractivity contribution is -0.307. The molecule has 4 N–H and O–H groups in total. The highest BCUT2D eigenvalue weighted by atomic mass is 16.7. The van der Waals surface area contributed by atoms with Gasteiger partial charge in [-0.05, 0) is 12.0 Å². The van der Waals surface area contributed by atoms with Crippen molar-refractivity contribution in [3.63, 3.8) is 0 Å². The van der Waals surface area contributed by atoms with Gasteiger partial charge in [-0.25, -0.2) is 0 Å². The summed E-state index contributed by atoms with van der Waals surface area (Å²) in [5, 5.41) is 30.4. The number of nitrogens with one attached hydrogen (secondary N) is 1. The molecule has 0 aromatic heterocycles. The van der Waals surface area contributed by atoms with E-state index in [0.717, 1.165) is 18.4 Å². The van der Waals surface area contributed by atoms with E-state index in [1.165, 1.54) is 57.8 Å². The van der Waals surface area contributed by atoms with Crippen molar-refractivity contribution in [3.05, 3.63) is 35.9 Å². The number of aliphatic hydroxyl groups is 3. The molecule has 25 heavy (non-hydrogen) atoms. The second kappa shape index (κ2) is 13.3. The second-order valence-corrected chi connectivity index (χ2v) is 7.09. The maximum absolute atomic E-state index is 9.11. The minimum absolute atomic E-state index is 0.0288. The van der Waals surface area contributed by atoms with Crippen molar-refractivity contribution in [1.82, 2.24) is 5.32 Å². The molecule has 4 heteroatoms.